The van der Waals surface area contributed by atoms with Crippen molar-refractivity contribution in [1.29, 1.82) is 0 Å². The number of benzene rings is 2. The van der Waals surface area contributed by atoms with Gasteiger partial charge < -0.3 is 33.9 Å². The molecule has 0 unspecified atom stereocenters. The Labute approximate surface area is 269 Å². The van der Waals surface area contributed by atoms with Gasteiger partial charge in [-0.15, -0.1) is 5.10 Å². The highest BCUT2D eigenvalue weighted by Crippen LogP contribution is 2.37. The summed E-state index contributed by atoms with van der Waals surface area (Å²) in [6.45, 7) is 6.35. The van der Waals surface area contributed by atoms with Gasteiger partial charge in [-0.2, -0.15) is 0 Å². The molecule has 5 aromatic rings. The first kappa shape index (κ1) is 31.3. The maximum absolute atomic E-state index is 15.3. The molecule has 244 valence electrons. The van der Waals surface area contributed by atoms with Crippen molar-refractivity contribution in [2.24, 2.45) is 0 Å². The van der Waals surface area contributed by atoms with E-state index in [1.54, 1.807) is 47.8 Å². The predicted octanol–water partition coefficient (Wildman–Crippen LogP) is 5.69. The molecule has 4 heterocycles. The number of halogens is 1. The molecule has 14 nitrogen and oxygen atoms in total. The van der Waals surface area contributed by atoms with Crippen molar-refractivity contribution < 1.29 is 32.9 Å². The summed E-state index contributed by atoms with van der Waals surface area (Å²) in [6, 6.07) is 9.73. The van der Waals surface area contributed by atoms with Crippen molar-refractivity contribution in [2.45, 2.75) is 38.9 Å². The first-order valence-electron chi connectivity index (χ1n) is 14.7. The van der Waals surface area contributed by atoms with Crippen molar-refractivity contribution in [3.05, 3.63) is 67.1 Å². The van der Waals surface area contributed by atoms with Crippen LogP contribution in [0, 0.1) is 5.82 Å². The molecular weight excluding hydrogens is 611 g/mol. The molecule has 6 rings (SSSR count). The molecule has 0 aliphatic carbocycles. The van der Waals surface area contributed by atoms with Crippen molar-refractivity contribution in [3.8, 4) is 34.8 Å². The Hall–Kier alpha value is -5.73. The van der Waals surface area contributed by atoms with E-state index in [4.69, 9.17) is 23.7 Å². The highest BCUT2D eigenvalue weighted by atomic mass is 19.1. The fraction of sp³-hybridized carbons (Fsp3) is 0.312. The van der Waals surface area contributed by atoms with Gasteiger partial charge in [0, 0.05) is 42.7 Å². The molecule has 47 heavy (non-hydrogen) atoms. The Balaban J connectivity index is 1.17. The van der Waals surface area contributed by atoms with Crippen LogP contribution in [0.5, 0.6) is 29.1 Å². The van der Waals surface area contributed by atoms with Crippen LogP contribution < -0.4 is 24.3 Å². The zero-order valence-corrected chi connectivity index (χ0v) is 26.4. The lowest BCUT2D eigenvalue weighted by Crippen LogP contribution is -2.36. The van der Waals surface area contributed by atoms with Gasteiger partial charge in [0.15, 0.2) is 11.5 Å². The molecule has 1 fully saturated rings. The summed E-state index contributed by atoms with van der Waals surface area (Å²) in [5, 5.41) is 7.98. The summed E-state index contributed by atoms with van der Waals surface area (Å²) < 4.78 is 45.0. The van der Waals surface area contributed by atoms with Crippen LogP contribution in [0.25, 0.3) is 16.6 Å². The van der Waals surface area contributed by atoms with Gasteiger partial charge in [-0.25, -0.2) is 33.8 Å². The highest BCUT2D eigenvalue weighted by Gasteiger charge is 2.31. The zero-order chi connectivity index (χ0) is 33.1. The van der Waals surface area contributed by atoms with Crippen molar-refractivity contribution in [1.82, 2.24) is 34.6 Å². The lowest BCUT2D eigenvalue weighted by atomic mass is 10.2. The normalized spacial score (nSPS) is 14.6. The van der Waals surface area contributed by atoms with Gasteiger partial charge in [0.1, 0.15) is 41.1 Å². The molecule has 1 aliphatic heterocycles. The average Bonchev–Trinajstić information content (AvgIpc) is 3.72. The standard InChI is InChI=1S/C32H33FN8O6/c1-32(2,3)47-31(42)40-10-8-21(17-40)45-27-13-22-25(14-26(27)43-4)36-18-37-29(22)38-24-7-6-20(12-23(24)33)46-28-9-11-41(39-28)19-15-34-30(44-5)35-16-19/h6-7,9,11-16,18,21H,8,10,17H2,1-5H3,(H,36,37,38)/t21-/m1/s1. The van der Waals surface area contributed by atoms with Gasteiger partial charge in [-0.3, -0.25) is 0 Å². The minimum atomic E-state index is -0.591. The summed E-state index contributed by atoms with van der Waals surface area (Å²) in [7, 11) is 3.02. The second kappa shape index (κ2) is 12.9. The van der Waals surface area contributed by atoms with Gasteiger partial charge >= 0.3 is 12.1 Å². The summed E-state index contributed by atoms with van der Waals surface area (Å²) in [4.78, 5) is 31.0. The number of carbonyl (C=O) groups is 1. The molecule has 0 spiro atoms. The molecule has 1 atom stereocenters. The molecule has 1 aliphatic rings. The Morgan fingerprint density at radius 3 is 2.53 bits per heavy atom. The van der Waals surface area contributed by atoms with Crippen LogP contribution >= 0.6 is 0 Å². The number of ether oxygens (including phenoxy) is 5. The van der Waals surface area contributed by atoms with Crippen LogP contribution in [0.4, 0.5) is 20.7 Å². The first-order chi connectivity index (χ1) is 22.6. The second-order valence-electron chi connectivity index (χ2n) is 11.6. The number of aromatic nitrogens is 6. The quantitative estimate of drug-likeness (QED) is 0.210. The van der Waals surface area contributed by atoms with E-state index in [-0.39, 0.29) is 35.5 Å². The third kappa shape index (κ3) is 7.24. The summed E-state index contributed by atoms with van der Waals surface area (Å²) in [5.41, 5.74) is 0.736. The Kier molecular flexibility index (Phi) is 8.61. The third-order valence-electron chi connectivity index (χ3n) is 7.05. The van der Waals surface area contributed by atoms with E-state index in [0.29, 0.717) is 53.4 Å². The minimum absolute atomic E-state index is 0.167. The van der Waals surface area contributed by atoms with E-state index < -0.39 is 11.4 Å². The van der Waals surface area contributed by atoms with Gasteiger partial charge in [-0.1, -0.05) is 0 Å². The number of amides is 1. The van der Waals surface area contributed by atoms with Crippen LogP contribution in [0.2, 0.25) is 0 Å². The molecule has 1 saturated heterocycles. The maximum atomic E-state index is 15.3. The minimum Gasteiger partial charge on any atom is -0.493 e. The second-order valence-corrected chi connectivity index (χ2v) is 11.6. The third-order valence-corrected chi connectivity index (χ3v) is 7.05. The number of nitrogens with one attached hydrogen (secondary N) is 1. The zero-order valence-electron chi connectivity index (χ0n) is 26.4. The largest absolute Gasteiger partial charge is 0.493 e. The van der Waals surface area contributed by atoms with Gasteiger partial charge in [0.2, 0.25) is 5.88 Å². The topological polar surface area (TPSA) is 148 Å². The van der Waals surface area contributed by atoms with Crippen LogP contribution in [0.1, 0.15) is 27.2 Å². The van der Waals surface area contributed by atoms with Crippen LogP contribution in [0.3, 0.4) is 0 Å². The maximum Gasteiger partial charge on any atom is 0.410 e. The first-order valence-corrected chi connectivity index (χ1v) is 14.7. The van der Waals surface area contributed by atoms with Gasteiger partial charge in [-0.05, 0) is 39.0 Å². The SMILES string of the molecule is COc1ncc(-n2ccc(Oc3ccc(Nc4ncnc5cc(OC)c(O[C@@H]6CCN(C(=O)OC(C)(C)C)C6)cc45)c(F)c3)n2)cn1. The Bertz CT molecular complexity index is 1900. The molecule has 0 radical (unpaired) electrons. The lowest BCUT2D eigenvalue weighted by Gasteiger charge is -2.24. The van der Waals surface area contributed by atoms with E-state index in [9.17, 15) is 4.79 Å². The van der Waals surface area contributed by atoms with E-state index in [0.717, 1.165) is 0 Å². The molecule has 3 aromatic heterocycles. The number of hydrogen-bond acceptors (Lipinski definition) is 12. The number of likely N-dealkylation sites (tertiary alicyclic amines) is 1. The van der Waals surface area contributed by atoms with E-state index in [1.807, 2.05) is 20.8 Å². The molecular formula is C32H33FN8O6. The highest BCUT2D eigenvalue weighted by molar-refractivity contribution is 5.93. The van der Waals surface area contributed by atoms with E-state index >= 15 is 4.39 Å². The fourth-order valence-corrected chi connectivity index (χ4v) is 4.86. The summed E-state index contributed by atoms with van der Waals surface area (Å²) in [6.07, 6.45) is 6.11. The molecule has 1 N–H and O–H groups in total. The van der Waals surface area contributed by atoms with E-state index in [2.05, 4.69) is 30.4 Å². The number of hydrogen-bond donors (Lipinski definition) is 1. The van der Waals surface area contributed by atoms with Crippen molar-refractivity contribution in [3.63, 3.8) is 0 Å². The fourth-order valence-electron chi connectivity index (χ4n) is 4.86. The van der Waals surface area contributed by atoms with Gasteiger partial charge in [0.25, 0.3) is 0 Å². The van der Waals surface area contributed by atoms with E-state index in [1.165, 1.54) is 37.4 Å². The average molecular weight is 645 g/mol. The number of carbonyl (C=O) groups excluding carboxylic acids is 1. The molecule has 15 heteroatoms. The summed E-state index contributed by atoms with van der Waals surface area (Å²) in [5.74, 6) is 1.19. The number of methoxy groups -OCH3 is 2. The van der Waals surface area contributed by atoms with Crippen LogP contribution in [-0.2, 0) is 4.74 Å². The summed E-state index contributed by atoms with van der Waals surface area (Å²) >= 11 is 0. The Morgan fingerprint density at radius 2 is 1.81 bits per heavy atom. The van der Waals surface area contributed by atoms with Crippen molar-refractivity contribution >= 4 is 28.5 Å². The molecule has 1 amide bonds. The monoisotopic (exact) mass is 644 g/mol. The smallest absolute Gasteiger partial charge is 0.410 e. The lowest BCUT2D eigenvalue weighted by molar-refractivity contribution is 0.0275. The number of rotatable bonds is 9. The molecule has 0 bridgehead atoms. The molecule has 2 aromatic carbocycles. The Morgan fingerprint density at radius 1 is 1.00 bits per heavy atom. The molecule has 0 saturated carbocycles. The van der Waals surface area contributed by atoms with Crippen LogP contribution in [-0.4, -0.2) is 79.7 Å². The number of nitrogens with zero attached hydrogens (tertiary/aromatic N) is 7. The van der Waals surface area contributed by atoms with Gasteiger partial charge in [0.05, 0.1) is 44.4 Å². The van der Waals surface area contributed by atoms with Crippen LogP contribution in [0.15, 0.2) is 61.3 Å². The van der Waals surface area contributed by atoms with Crippen molar-refractivity contribution in [2.75, 3.05) is 32.6 Å². The number of anilines is 2. The number of fused-ring (bicyclic) bond motifs is 1. The predicted molar refractivity (Wildman–Crippen MR) is 168 cm³/mol.